The predicted octanol–water partition coefficient (Wildman–Crippen LogP) is 6.84. The molecule has 0 unspecified atom stereocenters. The Balaban J connectivity index is 1.50. The number of hydrogen-bond acceptors (Lipinski definition) is 5. The SMILES string of the molecule is CCN(C)C(=O)c1ccc(Nc2nccc(-c3cccc(NC(=O)c4ccc(C(C)(C)C)cc4)c3C)n2)cc1. The molecule has 3 aromatic carbocycles. The Bertz CT molecular complexity index is 1470. The van der Waals surface area contributed by atoms with E-state index in [1.807, 2.05) is 74.5 Å². The minimum absolute atomic E-state index is 0.0216. The van der Waals surface area contributed by atoms with Crippen LogP contribution in [0, 0.1) is 6.92 Å². The molecule has 1 heterocycles. The molecule has 39 heavy (non-hydrogen) atoms. The lowest BCUT2D eigenvalue weighted by Gasteiger charge is -2.19. The molecular formula is C32H35N5O2. The van der Waals surface area contributed by atoms with E-state index >= 15 is 0 Å². The maximum absolute atomic E-state index is 13.0. The Morgan fingerprint density at radius 3 is 2.21 bits per heavy atom. The first-order chi connectivity index (χ1) is 18.6. The highest BCUT2D eigenvalue weighted by molar-refractivity contribution is 6.05. The first kappa shape index (κ1) is 27.5. The van der Waals surface area contributed by atoms with Crippen molar-refractivity contribution in [3.05, 3.63) is 101 Å². The van der Waals surface area contributed by atoms with Crippen molar-refractivity contribution in [2.24, 2.45) is 0 Å². The molecule has 0 radical (unpaired) electrons. The zero-order valence-corrected chi connectivity index (χ0v) is 23.4. The first-order valence-corrected chi connectivity index (χ1v) is 13.0. The molecule has 0 atom stereocenters. The van der Waals surface area contributed by atoms with Crippen molar-refractivity contribution < 1.29 is 9.59 Å². The van der Waals surface area contributed by atoms with Gasteiger partial charge in [-0.25, -0.2) is 9.97 Å². The summed E-state index contributed by atoms with van der Waals surface area (Å²) in [6, 6.07) is 22.6. The fourth-order valence-corrected chi connectivity index (χ4v) is 4.12. The number of rotatable bonds is 7. The number of nitrogens with zero attached hydrogens (tertiary/aromatic N) is 3. The molecule has 0 fully saturated rings. The summed E-state index contributed by atoms with van der Waals surface area (Å²) in [5.74, 6) is 0.254. The van der Waals surface area contributed by atoms with E-state index in [0.717, 1.165) is 28.2 Å². The minimum Gasteiger partial charge on any atom is -0.342 e. The largest absolute Gasteiger partial charge is 0.342 e. The van der Waals surface area contributed by atoms with Gasteiger partial charge in [0.05, 0.1) is 5.69 Å². The average molecular weight is 522 g/mol. The highest BCUT2D eigenvalue weighted by atomic mass is 16.2. The van der Waals surface area contributed by atoms with E-state index in [2.05, 4.69) is 36.4 Å². The van der Waals surface area contributed by atoms with Crippen LogP contribution in [0.1, 0.15) is 59.5 Å². The number of aromatic nitrogens is 2. The molecule has 4 rings (SSSR count). The van der Waals surface area contributed by atoms with E-state index in [1.165, 1.54) is 5.56 Å². The van der Waals surface area contributed by atoms with Crippen LogP contribution in [0.2, 0.25) is 0 Å². The maximum Gasteiger partial charge on any atom is 0.255 e. The predicted molar refractivity (Wildman–Crippen MR) is 158 cm³/mol. The van der Waals surface area contributed by atoms with Crippen molar-refractivity contribution in [2.45, 2.75) is 40.0 Å². The lowest BCUT2D eigenvalue weighted by Crippen LogP contribution is -2.26. The number of carbonyl (C=O) groups is 2. The van der Waals surface area contributed by atoms with E-state index in [9.17, 15) is 9.59 Å². The van der Waals surface area contributed by atoms with E-state index in [1.54, 1.807) is 30.3 Å². The van der Waals surface area contributed by atoms with Crippen LogP contribution in [0.3, 0.4) is 0 Å². The monoisotopic (exact) mass is 521 g/mol. The summed E-state index contributed by atoms with van der Waals surface area (Å²) in [6.45, 7) is 11.0. The highest BCUT2D eigenvalue weighted by Crippen LogP contribution is 2.29. The van der Waals surface area contributed by atoms with E-state index < -0.39 is 0 Å². The smallest absolute Gasteiger partial charge is 0.255 e. The lowest BCUT2D eigenvalue weighted by molar-refractivity contribution is 0.0802. The number of carbonyl (C=O) groups excluding carboxylic acids is 2. The van der Waals surface area contributed by atoms with Crippen molar-refractivity contribution >= 4 is 29.1 Å². The zero-order valence-electron chi connectivity index (χ0n) is 23.4. The minimum atomic E-state index is -0.159. The summed E-state index contributed by atoms with van der Waals surface area (Å²) in [5, 5.41) is 6.26. The van der Waals surface area contributed by atoms with Crippen LogP contribution in [0.25, 0.3) is 11.3 Å². The van der Waals surface area contributed by atoms with Gasteiger partial charge in [-0.1, -0.05) is 45.0 Å². The van der Waals surface area contributed by atoms with E-state index in [-0.39, 0.29) is 17.2 Å². The molecule has 0 aliphatic rings. The molecular weight excluding hydrogens is 486 g/mol. The van der Waals surface area contributed by atoms with Gasteiger partial charge in [0.15, 0.2) is 0 Å². The average Bonchev–Trinajstić information content (AvgIpc) is 2.93. The van der Waals surface area contributed by atoms with Crippen LogP contribution in [0.15, 0.2) is 79.0 Å². The second-order valence-corrected chi connectivity index (χ2v) is 10.5. The molecule has 2 amide bonds. The standard InChI is InChI=1S/C32H35N5O2/c1-7-37(6)30(39)23-13-17-25(18-14-23)34-31-33-20-19-28(36-31)26-9-8-10-27(21(26)2)35-29(38)22-11-15-24(16-12-22)32(3,4)5/h8-20H,7H2,1-6H3,(H,35,38)(H,33,34,36). The van der Waals surface area contributed by atoms with Crippen LogP contribution in [-0.4, -0.2) is 40.3 Å². The molecule has 0 aliphatic heterocycles. The Morgan fingerprint density at radius 1 is 0.897 bits per heavy atom. The molecule has 200 valence electrons. The number of anilines is 3. The number of amides is 2. The molecule has 4 aromatic rings. The van der Waals surface area contributed by atoms with Crippen molar-refractivity contribution in [1.29, 1.82) is 0 Å². The van der Waals surface area contributed by atoms with Crippen LogP contribution < -0.4 is 10.6 Å². The molecule has 7 heteroatoms. The van der Waals surface area contributed by atoms with E-state index in [0.29, 0.717) is 23.6 Å². The van der Waals surface area contributed by atoms with Gasteiger partial charge in [0.2, 0.25) is 5.95 Å². The van der Waals surface area contributed by atoms with Crippen molar-refractivity contribution in [3.8, 4) is 11.3 Å². The van der Waals surface area contributed by atoms with Gasteiger partial charge in [-0.2, -0.15) is 0 Å². The number of benzene rings is 3. The molecule has 0 saturated heterocycles. The molecule has 1 aromatic heterocycles. The summed E-state index contributed by atoms with van der Waals surface area (Å²) < 4.78 is 0. The summed E-state index contributed by atoms with van der Waals surface area (Å²) in [7, 11) is 1.78. The number of hydrogen-bond donors (Lipinski definition) is 2. The lowest BCUT2D eigenvalue weighted by atomic mass is 9.86. The third-order valence-electron chi connectivity index (χ3n) is 6.74. The van der Waals surface area contributed by atoms with Gasteiger partial charge >= 0.3 is 0 Å². The fourth-order valence-electron chi connectivity index (χ4n) is 4.12. The van der Waals surface area contributed by atoms with Crippen molar-refractivity contribution in [1.82, 2.24) is 14.9 Å². The number of nitrogens with one attached hydrogen (secondary N) is 2. The first-order valence-electron chi connectivity index (χ1n) is 13.0. The molecule has 7 nitrogen and oxygen atoms in total. The van der Waals surface area contributed by atoms with Gasteiger partial charge in [0.1, 0.15) is 0 Å². The Kier molecular flexibility index (Phi) is 8.10. The fraction of sp³-hybridized carbons (Fsp3) is 0.250. The van der Waals surface area contributed by atoms with Crippen LogP contribution in [0.5, 0.6) is 0 Å². The molecule has 2 N–H and O–H groups in total. The quantitative estimate of drug-likeness (QED) is 0.278. The van der Waals surface area contributed by atoms with Crippen molar-refractivity contribution in [3.63, 3.8) is 0 Å². The summed E-state index contributed by atoms with van der Waals surface area (Å²) in [5.41, 5.74) is 6.47. The third-order valence-corrected chi connectivity index (χ3v) is 6.74. The summed E-state index contributed by atoms with van der Waals surface area (Å²) in [4.78, 5) is 36.1. The Labute approximate surface area is 230 Å². The normalized spacial score (nSPS) is 11.1. The highest BCUT2D eigenvalue weighted by Gasteiger charge is 2.16. The van der Waals surface area contributed by atoms with E-state index in [4.69, 9.17) is 4.98 Å². The molecule has 0 bridgehead atoms. The van der Waals surface area contributed by atoms with Crippen LogP contribution >= 0.6 is 0 Å². The molecule has 0 aliphatic carbocycles. The molecule has 0 spiro atoms. The zero-order chi connectivity index (χ0) is 28.2. The van der Waals surface area contributed by atoms with Gasteiger partial charge in [-0.15, -0.1) is 0 Å². The van der Waals surface area contributed by atoms with Crippen LogP contribution in [-0.2, 0) is 5.41 Å². The van der Waals surface area contributed by atoms with Crippen molar-refractivity contribution in [2.75, 3.05) is 24.2 Å². The van der Waals surface area contributed by atoms with Gasteiger partial charge < -0.3 is 15.5 Å². The summed E-state index contributed by atoms with van der Waals surface area (Å²) in [6.07, 6.45) is 1.69. The summed E-state index contributed by atoms with van der Waals surface area (Å²) >= 11 is 0. The van der Waals surface area contributed by atoms with Gasteiger partial charge in [-0.3, -0.25) is 9.59 Å². The molecule has 0 saturated carbocycles. The second kappa shape index (κ2) is 11.5. The third kappa shape index (κ3) is 6.49. The van der Waals surface area contributed by atoms with Gasteiger partial charge in [0, 0.05) is 47.9 Å². The maximum atomic E-state index is 13.0. The topological polar surface area (TPSA) is 87.2 Å². The Hall–Kier alpha value is -4.52. The Morgan fingerprint density at radius 2 is 1.56 bits per heavy atom. The van der Waals surface area contributed by atoms with Crippen LogP contribution in [0.4, 0.5) is 17.3 Å². The van der Waals surface area contributed by atoms with Gasteiger partial charge in [-0.05, 0) is 78.9 Å². The van der Waals surface area contributed by atoms with Gasteiger partial charge in [0.25, 0.3) is 11.8 Å². The second-order valence-electron chi connectivity index (χ2n) is 10.5.